The van der Waals surface area contributed by atoms with Crippen LogP contribution < -0.4 is 5.73 Å². The van der Waals surface area contributed by atoms with Crippen LogP contribution in [-0.2, 0) is 9.84 Å². The van der Waals surface area contributed by atoms with E-state index in [1.807, 2.05) is 0 Å². The van der Waals surface area contributed by atoms with E-state index in [0.29, 0.717) is 5.56 Å². The summed E-state index contributed by atoms with van der Waals surface area (Å²) in [5.41, 5.74) is 6.68. The van der Waals surface area contributed by atoms with Crippen LogP contribution in [0.25, 0.3) is 0 Å². The summed E-state index contributed by atoms with van der Waals surface area (Å²) in [4.78, 5) is 0.147. The summed E-state index contributed by atoms with van der Waals surface area (Å²) < 4.78 is 50.3. The minimum Gasteiger partial charge on any atom is -0.320 e. The van der Waals surface area contributed by atoms with E-state index in [1.54, 1.807) is 0 Å². The monoisotopic (exact) mass is 311 g/mol. The molecule has 1 unspecified atom stereocenters. The molecule has 2 rings (SSSR count). The molecule has 2 N–H and O–H groups in total. The van der Waals surface area contributed by atoms with E-state index in [2.05, 4.69) is 0 Å². The Morgan fingerprint density at radius 1 is 1.00 bits per heavy atom. The summed E-state index contributed by atoms with van der Waals surface area (Å²) in [5.74, 6) is -1.90. The lowest BCUT2D eigenvalue weighted by Crippen LogP contribution is -2.15. The largest absolute Gasteiger partial charge is 0.320 e. The maximum absolute atomic E-state index is 13.9. The molecule has 0 radical (unpaired) electrons. The minimum atomic E-state index is -3.31. The predicted octanol–water partition coefficient (Wildman–Crippen LogP) is 2.72. The van der Waals surface area contributed by atoms with Gasteiger partial charge in [-0.15, -0.1) is 0 Å². The van der Waals surface area contributed by atoms with E-state index in [1.165, 1.54) is 43.3 Å². The third kappa shape index (κ3) is 3.11. The van der Waals surface area contributed by atoms with E-state index < -0.39 is 27.5 Å². The van der Waals surface area contributed by atoms with Crippen molar-refractivity contribution in [2.24, 2.45) is 5.73 Å². The molecule has 0 aliphatic heterocycles. The van der Waals surface area contributed by atoms with Crippen LogP contribution in [0.4, 0.5) is 8.78 Å². The van der Waals surface area contributed by atoms with Gasteiger partial charge in [0.05, 0.1) is 10.9 Å². The first-order chi connectivity index (χ1) is 9.71. The van der Waals surface area contributed by atoms with Gasteiger partial charge in [-0.1, -0.05) is 24.3 Å². The van der Waals surface area contributed by atoms with E-state index in [9.17, 15) is 17.2 Å². The zero-order valence-electron chi connectivity index (χ0n) is 11.6. The van der Waals surface area contributed by atoms with Crippen molar-refractivity contribution >= 4 is 9.84 Å². The van der Waals surface area contributed by atoms with Crippen molar-refractivity contribution in [3.8, 4) is 0 Å². The van der Waals surface area contributed by atoms with Gasteiger partial charge in [0, 0.05) is 11.8 Å². The normalized spacial score (nSPS) is 13.2. The van der Waals surface area contributed by atoms with Gasteiger partial charge >= 0.3 is 0 Å². The van der Waals surface area contributed by atoms with Crippen LogP contribution in [-0.4, -0.2) is 14.7 Å². The van der Waals surface area contributed by atoms with Gasteiger partial charge in [0.1, 0.15) is 0 Å². The average molecular weight is 311 g/mol. The first-order valence-electron chi connectivity index (χ1n) is 6.22. The number of aryl methyl sites for hydroxylation is 1. The Morgan fingerprint density at radius 3 is 2.10 bits per heavy atom. The van der Waals surface area contributed by atoms with Crippen molar-refractivity contribution in [3.63, 3.8) is 0 Å². The molecule has 2 aromatic carbocycles. The van der Waals surface area contributed by atoms with Crippen molar-refractivity contribution in [2.45, 2.75) is 17.9 Å². The summed E-state index contributed by atoms with van der Waals surface area (Å²) in [7, 11) is -3.31. The van der Waals surface area contributed by atoms with Gasteiger partial charge in [0.2, 0.25) is 0 Å². The number of nitrogens with two attached hydrogens (primary N) is 1. The SMILES string of the molecule is Cc1ccc(C(N)c2ccc(S(C)(=O)=O)cc2)c(F)c1F. The number of halogens is 2. The average Bonchev–Trinajstić information content (AvgIpc) is 2.43. The highest BCUT2D eigenvalue weighted by atomic mass is 32.2. The van der Waals surface area contributed by atoms with Crippen LogP contribution in [0, 0.1) is 18.6 Å². The van der Waals surface area contributed by atoms with Crippen molar-refractivity contribution in [1.82, 2.24) is 0 Å². The zero-order chi connectivity index (χ0) is 15.8. The minimum absolute atomic E-state index is 0.0326. The van der Waals surface area contributed by atoms with Crippen molar-refractivity contribution in [1.29, 1.82) is 0 Å². The van der Waals surface area contributed by atoms with Crippen LogP contribution in [0.15, 0.2) is 41.3 Å². The topological polar surface area (TPSA) is 60.2 Å². The predicted molar refractivity (Wildman–Crippen MR) is 76.7 cm³/mol. The Labute approximate surface area is 122 Å². The van der Waals surface area contributed by atoms with Gasteiger partial charge < -0.3 is 5.73 Å². The fourth-order valence-corrected chi connectivity index (χ4v) is 2.63. The van der Waals surface area contributed by atoms with E-state index >= 15 is 0 Å². The zero-order valence-corrected chi connectivity index (χ0v) is 12.4. The first-order valence-corrected chi connectivity index (χ1v) is 8.11. The Balaban J connectivity index is 2.41. The Kier molecular flexibility index (Phi) is 4.11. The van der Waals surface area contributed by atoms with Crippen LogP contribution in [0.3, 0.4) is 0 Å². The van der Waals surface area contributed by atoms with Crippen LogP contribution in [0.5, 0.6) is 0 Å². The van der Waals surface area contributed by atoms with Gasteiger partial charge in [-0.3, -0.25) is 0 Å². The highest BCUT2D eigenvalue weighted by Gasteiger charge is 2.18. The molecule has 0 saturated heterocycles. The summed E-state index contributed by atoms with van der Waals surface area (Å²) in [6.07, 6.45) is 1.09. The Morgan fingerprint density at radius 2 is 1.57 bits per heavy atom. The fraction of sp³-hybridized carbons (Fsp3) is 0.200. The number of hydrogen-bond donors (Lipinski definition) is 1. The molecule has 6 heteroatoms. The Hall–Kier alpha value is -1.79. The van der Waals surface area contributed by atoms with E-state index in [-0.39, 0.29) is 16.0 Å². The second-order valence-corrected chi connectivity index (χ2v) is 6.93. The highest BCUT2D eigenvalue weighted by Crippen LogP contribution is 2.26. The third-order valence-corrected chi connectivity index (χ3v) is 4.44. The molecule has 21 heavy (non-hydrogen) atoms. The fourth-order valence-electron chi connectivity index (χ4n) is 2.00. The molecule has 0 aromatic heterocycles. The summed E-state index contributed by atoms with van der Waals surface area (Å²) in [6, 6.07) is 7.81. The van der Waals surface area contributed by atoms with Crippen LogP contribution in [0.2, 0.25) is 0 Å². The number of rotatable bonds is 3. The molecular formula is C15H15F2NO2S. The lowest BCUT2D eigenvalue weighted by Gasteiger charge is -2.15. The van der Waals surface area contributed by atoms with Crippen molar-refractivity contribution < 1.29 is 17.2 Å². The molecule has 0 saturated carbocycles. The molecule has 2 aromatic rings. The van der Waals surface area contributed by atoms with Crippen molar-refractivity contribution in [3.05, 3.63) is 64.7 Å². The maximum atomic E-state index is 13.9. The standard InChI is InChI=1S/C15H15F2NO2S/c1-9-3-8-12(14(17)13(9)16)15(18)10-4-6-11(7-5-10)21(2,19)20/h3-8,15H,18H2,1-2H3. The smallest absolute Gasteiger partial charge is 0.175 e. The van der Waals surface area contributed by atoms with E-state index in [0.717, 1.165) is 6.26 Å². The maximum Gasteiger partial charge on any atom is 0.175 e. The summed E-state index contributed by atoms with van der Waals surface area (Å²) in [6.45, 7) is 1.47. The molecule has 0 spiro atoms. The van der Waals surface area contributed by atoms with Crippen LogP contribution >= 0.6 is 0 Å². The summed E-state index contributed by atoms with van der Waals surface area (Å²) >= 11 is 0. The highest BCUT2D eigenvalue weighted by molar-refractivity contribution is 7.90. The van der Waals surface area contributed by atoms with E-state index in [4.69, 9.17) is 5.73 Å². The van der Waals surface area contributed by atoms with Gasteiger partial charge in [-0.25, -0.2) is 17.2 Å². The quantitative estimate of drug-likeness (QED) is 0.948. The molecule has 0 heterocycles. The number of benzene rings is 2. The lowest BCUT2D eigenvalue weighted by molar-refractivity contribution is 0.489. The van der Waals surface area contributed by atoms with Crippen molar-refractivity contribution in [2.75, 3.05) is 6.26 Å². The second kappa shape index (κ2) is 5.54. The van der Waals surface area contributed by atoms with Gasteiger partial charge in [-0.2, -0.15) is 0 Å². The van der Waals surface area contributed by atoms with Crippen LogP contribution in [0.1, 0.15) is 22.7 Å². The first kappa shape index (κ1) is 15.6. The number of sulfone groups is 1. The van der Waals surface area contributed by atoms with Gasteiger partial charge in [-0.05, 0) is 30.2 Å². The second-order valence-electron chi connectivity index (χ2n) is 4.92. The Bertz CT molecular complexity index is 771. The molecule has 112 valence electrons. The molecule has 0 amide bonds. The molecule has 0 bridgehead atoms. The molecule has 3 nitrogen and oxygen atoms in total. The molecular weight excluding hydrogens is 296 g/mol. The number of hydrogen-bond acceptors (Lipinski definition) is 3. The lowest BCUT2D eigenvalue weighted by atomic mass is 9.98. The van der Waals surface area contributed by atoms with Gasteiger partial charge in [0.15, 0.2) is 21.5 Å². The molecule has 0 aliphatic rings. The third-order valence-electron chi connectivity index (χ3n) is 3.31. The van der Waals surface area contributed by atoms with Gasteiger partial charge in [0.25, 0.3) is 0 Å². The molecule has 0 fully saturated rings. The molecule has 1 atom stereocenters. The molecule has 0 aliphatic carbocycles. The summed E-state index contributed by atoms with van der Waals surface area (Å²) in [5, 5.41) is 0.